The van der Waals surface area contributed by atoms with Gasteiger partial charge >= 0.3 is 17.9 Å². The molecule has 6 nitrogen and oxygen atoms in total. The van der Waals surface area contributed by atoms with Gasteiger partial charge < -0.3 is 14.2 Å². The van der Waals surface area contributed by atoms with Crippen molar-refractivity contribution < 1.29 is 28.6 Å². The fourth-order valence-electron chi connectivity index (χ4n) is 7.94. The quantitative estimate of drug-likeness (QED) is 0.0261. The predicted molar refractivity (Wildman–Crippen MR) is 352 cm³/mol. The molecule has 0 spiro atoms. The van der Waals surface area contributed by atoms with Gasteiger partial charge in [-0.25, -0.2) is 0 Å². The Hall–Kier alpha value is -5.75. The van der Waals surface area contributed by atoms with Crippen LogP contribution in [0.4, 0.5) is 0 Å². The number of carbonyl (C=O) groups excluding carboxylic acids is 3. The van der Waals surface area contributed by atoms with Crippen molar-refractivity contribution in [3.8, 4) is 0 Å². The number of rotatable bonds is 55. The molecule has 0 amide bonds. The number of hydrogen-bond acceptors (Lipinski definition) is 6. The van der Waals surface area contributed by atoms with E-state index in [1.165, 1.54) is 57.8 Å². The lowest BCUT2D eigenvalue weighted by Gasteiger charge is -2.18. The minimum absolute atomic E-state index is 0.138. The Morgan fingerprint density at radius 1 is 0.247 bits per heavy atom. The standard InChI is InChI=1S/C75H114O6/c1-4-7-10-13-16-19-22-25-28-31-33-34-35-36-37-38-39-40-42-44-47-50-53-56-59-62-65-68-74(77)80-71-72(70-79-73(76)67-64-61-58-55-52-49-46-43-30-27-24-21-18-15-12-9-6-3)81-75(78)69-66-63-60-57-54-51-48-45-41-32-29-26-23-20-17-14-11-8-5-2/h7-12,16-21,25-30,33-34,36-37,41,45-46,49,51,54-55,58,60,63,72H,4-6,13-15,22-24,31-32,35,38-40,42-44,47-48,50,52-53,56-57,59,61-62,64-71H2,1-3H3/b10-7-,11-8-,12-9-,19-16-,20-17-,21-18-,28-25-,29-26-,30-27-,34-33-,37-36-,45-41-,49-46-,54-51-,58-55-,63-60-. The molecule has 0 aromatic carbocycles. The van der Waals surface area contributed by atoms with Crippen LogP contribution in [-0.4, -0.2) is 37.2 Å². The highest BCUT2D eigenvalue weighted by atomic mass is 16.6. The van der Waals surface area contributed by atoms with Crippen LogP contribution in [0.3, 0.4) is 0 Å². The molecule has 0 bridgehead atoms. The van der Waals surface area contributed by atoms with Crippen molar-refractivity contribution in [2.45, 2.75) is 245 Å². The van der Waals surface area contributed by atoms with Gasteiger partial charge in [-0.05, 0) is 141 Å². The summed E-state index contributed by atoms with van der Waals surface area (Å²) in [5.41, 5.74) is 0. The Morgan fingerprint density at radius 3 is 0.790 bits per heavy atom. The van der Waals surface area contributed by atoms with Crippen LogP contribution in [0.5, 0.6) is 0 Å². The summed E-state index contributed by atoms with van der Waals surface area (Å²) in [6.45, 7) is 6.17. The van der Waals surface area contributed by atoms with Crippen LogP contribution >= 0.6 is 0 Å². The topological polar surface area (TPSA) is 78.9 Å². The zero-order valence-electron chi connectivity index (χ0n) is 51.5. The van der Waals surface area contributed by atoms with E-state index >= 15 is 0 Å². The molecule has 1 atom stereocenters. The molecule has 1 unspecified atom stereocenters. The predicted octanol–water partition coefficient (Wildman–Crippen LogP) is 22.2. The van der Waals surface area contributed by atoms with Crippen LogP contribution in [0.15, 0.2) is 194 Å². The molecule has 6 heteroatoms. The number of esters is 3. The molecule has 81 heavy (non-hydrogen) atoms. The van der Waals surface area contributed by atoms with Crippen LogP contribution in [-0.2, 0) is 28.6 Å². The molecule has 0 aliphatic carbocycles. The lowest BCUT2D eigenvalue weighted by atomic mass is 10.0. The highest BCUT2D eigenvalue weighted by Gasteiger charge is 2.19. The molecule has 0 aromatic heterocycles. The third-order valence-electron chi connectivity index (χ3n) is 12.6. The van der Waals surface area contributed by atoms with E-state index in [1.807, 2.05) is 12.2 Å². The van der Waals surface area contributed by atoms with E-state index in [-0.39, 0.29) is 38.0 Å². The first-order valence-electron chi connectivity index (χ1n) is 31.9. The third kappa shape index (κ3) is 64.9. The fraction of sp³-hybridized carbons (Fsp3) is 0.533. The molecule has 450 valence electrons. The van der Waals surface area contributed by atoms with Crippen molar-refractivity contribution in [3.63, 3.8) is 0 Å². The third-order valence-corrected chi connectivity index (χ3v) is 12.6. The zero-order valence-corrected chi connectivity index (χ0v) is 51.5. The first kappa shape index (κ1) is 75.2. The summed E-state index contributed by atoms with van der Waals surface area (Å²) in [6.07, 6.45) is 102. The van der Waals surface area contributed by atoms with E-state index in [4.69, 9.17) is 14.2 Å². The van der Waals surface area contributed by atoms with Crippen LogP contribution in [0, 0.1) is 0 Å². The smallest absolute Gasteiger partial charge is 0.306 e. The van der Waals surface area contributed by atoms with Crippen molar-refractivity contribution in [2.24, 2.45) is 0 Å². The molecular formula is C75H114O6. The van der Waals surface area contributed by atoms with Gasteiger partial charge in [0.1, 0.15) is 13.2 Å². The first-order chi connectivity index (χ1) is 40.0. The van der Waals surface area contributed by atoms with Crippen molar-refractivity contribution >= 4 is 17.9 Å². The Bertz CT molecular complexity index is 1950. The van der Waals surface area contributed by atoms with E-state index in [0.29, 0.717) is 19.3 Å². The van der Waals surface area contributed by atoms with Crippen molar-refractivity contribution in [2.75, 3.05) is 13.2 Å². The molecule has 0 aromatic rings. The monoisotopic (exact) mass is 1110 g/mol. The van der Waals surface area contributed by atoms with Gasteiger partial charge in [-0.2, -0.15) is 0 Å². The van der Waals surface area contributed by atoms with Crippen LogP contribution in [0.1, 0.15) is 239 Å². The number of ether oxygens (including phenoxy) is 3. The molecule has 0 rings (SSSR count). The van der Waals surface area contributed by atoms with Gasteiger partial charge in [0, 0.05) is 19.3 Å². The van der Waals surface area contributed by atoms with E-state index in [2.05, 4.69) is 203 Å². The lowest BCUT2D eigenvalue weighted by molar-refractivity contribution is -0.166. The Balaban J connectivity index is 4.54. The summed E-state index contributed by atoms with van der Waals surface area (Å²) in [5.74, 6) is -1.10. The number of carbonyl (C=O) groups is 3. The van der Waals surface area contributed by atoms with Gasteiger partial charge in [-0.3, -0.25) is 14.4 Å². The minimum Gasteiger partial charge on any atom is -0.462 e. The Labute approximate surface area is 497 Å². The second-order valence-corrected chi connectivity index (χ2v) is 20.2. The van der Waals surface area contributed by atoms with Gasteiger partial charge in [0.15, 0.2) is 6.10 Å². The van der Waals surface area contributed by atoms with Gasteiger partial charge in [0.2, 0.25) is 0 Å². The van der Waals surface area contributed by atoms with E-state index in [0.717, 1.165) is 128 Å². The van der Waals surface area contributed by atoms with Gasteiger partial charge in [0.25, 0.3) is 0 Å². The summed E-state index contributed by atoms with van der Waals surface area (Å²) >= 11 is 0. The normalized spacial score (nSPS) is 13.5. The Kier molecular flexibility index (Phi) is 62.0. The summed E-state index contributed by atoms with van der Waals surface area (Å²) in [4.78, 5) is 38.3. The highest BCUT2D eigenvalue weighted by molar-refractivity contribution is 5.71. The number of unbranched alkanes of at least 4 members (excludes halogenated alkanes) is 12. The largest absolute Gasteiger partial charge is 0.462 e. The summed E-state index contributed by atoms with van der Waals surface area (Å²) in [6, 6.07) is 0. The zero-order chi connectivity index (χ0) is 58.5. The second kappa shape index (κ2) is 66.8. The summed E-state index contributed by atoms with van der Waals surface area (Å²) < 4.78 is 16.8. The average Bonchev–Trinajstić information content (AvgIpc) is 3.47. The Morgan fingerprint density at radius 2 is 0.481 bits per heavy atom. The maximum Gasteiger partial charge on any atom is 0.306 e. The first-order valence-corrected chi connectivity index (χ1v) is 31.9. The lowest BCUT2D eigenvalue weighted by Crippen LogP contribution is -2.30. The van der Waals surface area contributed by atoms with Gasteiger partial charge in [0.05, 0.1) is 0 Å². The molecule has 0 radical (unpaired) electrons. The highest BCUT2D eigenvalue weighted by Crippen LogP contribution is 2.14. The molecule has 0 heterocycles. The fourth-order valence-corrected chi connectivity index (χ4v) is 7.94. The molecule has 0 fully saturated rings. The molecule has 0 saturated carbocycles. The van der Waals surface area contributed by atoms with Crippen molar-refractivity contribution in [1.29, 1.82) is 0 Å². The van der Waals surface area contributed by atoms with Crippen LogP contribution in [0.25, 0.3) is 0 Å². The van der Waals surface area contributed by atoms with Crippen molar-refractivity contribution in [3.05, 3.63) is 194 Å². The molecule has 0 N–H and O–H groups in total. The van der Waals surface area contributed by atoms with E-state index in [1.54, 1.807) is 0 Å². The SMILES string of the molecule is CC/C=C\C/C=C\C/C=C\C/C=C\C/C=C\C/C=C\CCC(=O)OC(COC(=O)CCC/C=C\C/C=C\C/C=C\C/C=C\C/C=C\CC)COC(=O)CCCCCCCCCCCCC/C=C\C/C=C\C/C=C\C/C=C\C/C=C\CC. The number of allylic oxidation sites excluding steroid dienone is 32. The second-order valence-electron chi connectivity index (χ2n) is 20.2. The van der Waals surface area contributed by atoms with Crippen LogP contribution < -0.4 is 0 Å². The van der Waals surface area contributed by atoms with E-state index in [9.17, 15) is 14.4 Å². The maximum atomic E-state index is 12.9. The van der Waals surface area contributed by atoms with Gasteiger partial charge in [-0.1, -0.05) is 273 Å². The van der Waals surface area contributed by atoms with Crippen molar-refractivity contribution in [1.82, 2.24) is 0 Å². The summed E-state index contributed by atoms with van der Waals surface area (Å²) in [5, 5.41) is 0. The van der Waals surface area contributed by atoms with Crippen LogP contribution in [0.2, 0.25) is 0 Å². The summed E-state index contributed by atoms with van der Waals surface area (Å²) in [7, 11) is 0. The van der Waals surface area contributed by atoms with E-state index < -0.39 is 12.1 Å². The maximum absolute atomic E-state index is 12.9. The van der Waals surface area contributed by atoms with Gasteiger partial charge in [-0.15, -0.1) is 0 Å². The average molecular weight is 1110 g/mol. The molecule has 0 saturated heterocycles. The molecule has 0 aliphatic rings. The number of hydrogen-bond donors (Lipinski definition) is 0. The molecular weight excluding hydrogens is 997 g/mol. The minimum atomic E-state index is -0.856. The molecule has 0 aliphatic heterocycles.